The first-order valence-corrected chi connectivity index (χ1v) is 6.07. The highest BCUT2D eigenvalue weighted by Crippen LogP contribution is 2.37. The van der Waals surface area contributed by atoms with Gasteiger partial charge in [0.05, 0.1) is 0 Å². The molecular weight excluding hydrogens is 222 g/mol. The number of carbonyl (C=O) groups is 1. The summed E-state index contributed by atoms with van der Waals surface area (Å²) < 4.78 is 0. The maximum Gasteiger partial charge on any atom is 0.223 e. The van der Waals surface area contributed by atoms with Crippen molar-refractivity contribution in [3.8, 4) is 0 Å². The van der Waals surface area contributed by atoms with E-state index in [0.29, 0.717) is 12.5 Å². The molecule has 0 bridgehead atoms. The Labute approximate surface area is 101 Å². The average Bonchev–Trinajstić information content (AvgIpc) is 2.98. The number of halogens is 1. The molecule has 3 heteroatoms. The number of hydrogen-bond acceptors (Lipinski definition) is 1. The molecule has 0 spiro atoms. The third-order valence-corrected chi connectivity index (χ3v) is 3.32. The van der Waals surface area contributed by atoms with E-state index < -0.39 is 0 Å². The molecule has 1 aromatic carbocycles. The SMILES string of the molecule is C[C@@H]1C[C@H]1C(=O)NCCc1ccc(Cl)cc1. The summed E-state index contributed by atoms with van der Waals surface area (Å²) in [5.74, 6) is 1.06. The largest absolute Gasteiger partial charge is 0.356 e. The van der Waals surface area contributed by atoms with E-state index in [2.05, 4.69) is 12.2 Å². The van der Waals surface area contributed by atoms with Crippen LogP contribution >= 0.6 is 11.6 Å². The van der Waals surface area contributed by atoms with Crippen LogP contribution in [0.15, 0.2) is 24.3 Å². The summed E-state index contributed by atoms with van der Waals surface area (Å²) >= 11 is 5.79. The monoisotopic (exact) mass is 237 g/mol. The zero-order valence-electron chi connectivity index (χ0n) is 9.37. The van der Waals surface area contributed by atoms with Crippen LogP contribution in [0.2, 0.25) is 5.02 Å². The summed E-state index contributed by atoms with van der Waals surface area (Å²) in [6.07, 6.45) is 1.91. The molecule has 16 heavy (non-hydrogen) atoms. The first-order chi connectivity index (χ1) is 7.66. The van der Waals surface area contributed by atoms with Crippen LogP contribution in [-0.4, -0.2) is 12.5 Å². The molecule has 2 atom stereocenters. The smallest absolute Gasteiger partial charge is 0.223 e. The standard InChI is InChI=1S/C13H16ClNO/c1-9-8-12(9)13(16)15-7-6-10-2-4-11(14)5-3-10/h2-5,9,12H,6-8H2,1H3,(H,15,16)/t9-,12-/m1/s1. The van der Waals surface area contributed by atoms with Crippen molar-refractivity contribution in [3.05, 3.63) is 34.9 Å². The van der Waals surface area contributed by atoms with Crippen LogP contribution in [0, 0.1) is 11.8 Å². The van der Waals surface area contributed by atoms with Crippen LogP contribution in [0.5, 0.6) is 0 Å². The van der Waals surface area contributed by atoms with Crippen molar-refractivity contribution in [2.45, 2.75) is 19.8 Å². The third kappa shape index (κ3) is 2.99. The quantitative estimate of drug-likeness (QED) is 0.857. The number of amides is 1. The van der Waals surface area contributed by atoms with E-state index >= 15 is 0 Å². The maximum atomic E-state index is 11.5. The van der Waals surface area contributed by atoms with E-state index in [1.807, 2.05) is 24.3 Å². The number of rotatable bonds is 4. The second-order valence-electron chi connectivity index (χ2n) is 4.49. The van der Waals surface area contributed by atoms with Gasteiger partial charge in [0.25, 0.3) is 0 Å². The summed E-state index contributed by atoms with van der Waals surface area (Å²) in [6, 6.07) is 7.74. The lowest BCUT2D eigenvalue weighted by atomic mass is 10.1. The van der Waals surface area contributed by atoms with Crippen LogP contribution in [-0.2, 0) is 11.2 Å². The van der Waals surface area contributed by atoms with Gasteiger partial charge in [-0.25, -0.2) is 0 Å². The Morgan fingerprint density at radius 2 is 2.06 bits per heavy atom. The molecule has 0 saturated heterocycles. The van der Waals surface area contributed by atoms with Gasteiger partial charge in [0.1, 0.15) is 0 Å². The highest BCUT2D eigenvalue weighted by Gasteiger charge is 2.38. The molecule has 1 aromatic rings. The molecule has 0 unspecified atom stereocenters. The van der Waals surface area contributed by atoms with E-state index in [4.69, 9.17) is 11.6 Å². The summed E-state index contributed by atoms with van der Waals surface area (Å²) in [5.41, 5.74) is 1.20. The normalized spacial score (nSPS) is 22.9. The Morgan fingerprint density at radius 1 is 1.44 bits per heavy atom. The molecular formula is C13H16ClNO. The lowest BCUT2D eigenvalue weighted by molar-refractivity contribution is -0.122. The Bertz CT molecular complexity index is 374. The van der Waals surface area contributed by atoms with Gasteiger partial charge in [-0.3, -0.25) is 4.79 Å². The second-order valence-corrected chi connectivity index (χ2v) is 4.92. The van der Waals surface area contributed by atoms with Gasteiger partial charge in [0, 0.05) is 17.5 Å². The molecule has 2 nitrogen and oxygen atoms in total. The fourth-order valence-electron chi connectivity index (χ4n) is 1.80. The van der Waals surface area contributed by atoms with Gasteiger partial charge < -0.3 is 5.32 Å². The molecule has 1 amide bonds. The topological polar surface area (TPSA) is 29.1 Å². The molecule has 1 saturated carbocycles. The van der Waals surface area contributed by atoms with Crippen LogP contribution in [0.1, 0.15) is 18.9 Å². The molecule has 0 heterocycles. The molecule has 1 aliphatic carbocycles. The van der Waals surface area contributed by atoms with Gasteiger partial charge in [-0.15, -0.1) is 0 Å². The van der Waals surface area contributed by atoms with Gasteiger partial charge in [0.15, 0.2) is 0 Å². The summed E-state index contributed by atoms with van der Waals surface area (Å²) in [4.78, 5) is 11.5. The van der Waals surface area contributed by atoms with Crippen LogP contribution in [0.3, 0.4) is 0 Å². The highest BCUT2D eigenvalue weighted by molar-refractivity contribution is 6.30. The summed E-state index contributed by atoms with van der Waals surface area (Å²) in [7, 11) is 0. The highest BCUT2D eigenvalue weighted by atomic mass is 35.5. The van der Waals surface area contributed by atoms with Gasteiger partial charge in [0.2, 0.25) is 5.91 Å². The molecule has 2 rings (SSSR count). The van der Waals surface area contributed by atoms with Gasteiger partial charge in [-0.2, -0.15) is 0 Å². The van der Waals surface area contributed by atoms with Gasteiger partial charge >= 0.3 is 0 Å². The van der Waals surface area contributed by atoms with E-state index in [9.17, 15) is 4.79 Å². The number of nitrogens with one attached hydrogen (secondary N) is 1. The molecule has 86 valence electrons. The summed E-state index contributed by atoms with van der Waals surface area (Å²) in [6.45, 7) is 2.83. The molecule has 1 N–H and O–H groups in total. The lowest BCUT2D eigenvalue weighted by Gasteiger charge is -2.04. The molecule has 0 radical (unpaired) electrons. The number of benzene rings is 1. The first kappa shape index (κ1) is 11.5. The average molecular weight is 238 g/mol. The van der Waals surface area contributed by atoms with Crippen molar-refractivity contribution >= 4 is 17.5 Å². The lowest BCUT2D eigenvalue weighted by Crippen LogP contribution is -2.27. The Balaban J connectivity index is 1.71. The molecule has 0 aliphatic heterocycles. The Kier molecular flexibility index (Phi) is 3.49. The minimum absolute atomic E-state index is 0.210. The van der Waals surface area contributed by atoms with Gasteiger partial charge in [-0.1, -0.05) is 30.7 Å². The number of hydrogen-bond donors (Lipinski definition) is 1. The fraction of sp³-hybridized carbons (Fsp3) is 0.462. The van der Waals surface area contributed by atoms with Crippen molar-refractivity contribution in [2.75, 3.05) is 6.54 Å². The van der Waals surface area contributed by atoms with Crippen LogP contribution in [0.4, 0.5) is 0 Å². The number of carbonyl (C=O) groups excluding carboxylic acids is 1. The predicted molar refractivity (Wildman–Crippen MR) is 65.4 cm³/mol. The third-order valence-electron chi connectivity index (χ3n) is 3.07. The van der Waals surface area contributed by atoms with E-state index in [1.54, 1.807) is 0 Å². The van der Waals surface area contributed by atoms with E-state index in [0.717, 1.165) is 17.9 Å². The second kappa shape index (κ2) is 4.88. The maximum absolute atomic E-state index is 11.5. The molecule has 0 aromatic heterocycles. The van der Waals surface area contributed by atoms with Crippen molar-refractivity contribution in [1.82, 2.24) is 5.32 Å². The van der Waals surface area contributed by atoms with Crippen LogP contribution < -0.4 is 5.32 Å². The molecule has 1 fully saturated rings. The zero-order chi connectivity index (χ0) is 11.5. The van der Waals surface area contributed by atoms with Crippen molar-refractivity contribution < 1.29 is 4.79 Å². The first-order valence-electron chi connectivity index (χ1n) is 5.69. The van der Waals surface area contributed by atoms with E-state index in [1.165, 1.54) is 5.56 Å². The molecule has 1 aliphatic rings. The van der Waals surface area contributed by atoms with Crippen molar-refractivity contribution in [1.29, 1.82) is 0 Å². The Hall–Kier alpha value is -1.02. The van der Waals surface area contributed by atoms with E-state index in [-0.39, 0.29) is 11.8 Å². The minimum Gasteiger partial charge on any atom is -0.356 e. The van der Waals surface area contributed by atoms with Gasteiger partial charge in [-0.05, 0) is 36.5 Å². The van der Waals surface area contributed by atoms with Crippen LogP contribution in [0.25, 0.3) is 0 Å². The van der Waals surface area contributed by atoms with Crippen molar-refractivity contribution in [3.63, 3.8) is 0 Å². The summed E-state index contributed by atoms with van der Waals surface area (Å²) in [5, 5.41) is 3.72. The Morgan fingerprint density at radius 3 is 2.62 bits per heavy atom. The minimum atomic E-state index is 0.210. The predicted octanol–water partition coefficient (Wildman–Crippen LogP) is 2.65. The van der Waals surface area contributed by atoms with Crippen molar-refractivity contribution in [2.24, 2.45) is 11.8 Å². The fourth-order valence-corrected chi connectivity index (χ4v) is 1.93. The zero-order valence-corrected chi connectivity index (χ0v) is 10.1.